The third-order valence-electron chi connectivity index (χ3n) is 7.45. The standard InChI is InChI=1S/C38H28N2O2/c1-3-9-27(10-4-1)25-41-35-21-19-31(33-13-7-23-39-37(33)35)29-15-17-30(18-16-29)32-20-22-36(38-34(32)14-8-24-40-38)42-26-28-11-5-2-6-12-28/h1-24H,25-26H2. The molecule has 7 aromatic rings. The van der Waals surface area contributed by atoms with E-state index >= 15 is 0 Å². The lowest BCUT2D eigenvalue weighted by atomic mass is 9.95. The molecule has 0 amide bonds. The molecule has 0 saturated heterocycles. The second kappa shape index (κ2) is 11.6. The highest BCUT2D eigenvalue weighted by Crippen LogP contribution is 2.37. The van der Waals surface area contributed by atoms with Crippen LogP contribution in [0.1, 0.15) is 11.1 Å². The predicted molar refractivity (Wildman–Crippen MR) is 169 cm³/mol. The van der Waals surface area contributed by atoms with Crippen LogP contribution in [0.5, 0.6) is 11.5 Å². The number of pyridine rings is 2. The fraction of sp³-hybridized carbons (Fsp3) is 0.0526. The number of hydrogen-bond donors (Lipinski definition) is 0. The average molecular weight is 545 g/mol. The minimum absolute atomic E-state index is 0.499. The van der Waals surface area contributed by atoms with Gasteiger partial charge >= 0.3 is 0 Å². The van der Waals surface area contributed by atoms with Gasteiger partial charge in [-0.15, -0.1) is 0 Å². The maximum atomic E-state index is 6.19. The van der Waals surface area contributed by atoms with Crippen LogP contribution in [-0.2, 0) is 13.2 Å². The quantitative estimate of drug-likeness (QED) is 0.191. The molecule has 0 atom stereocenters. The normalized spacial score (nSPS) is 11.0. The Labute approximate surface area is 244 Å². The van der Waals surface area contributed by atoms with Crippen molar-refractivity contribution in [3.05, 3.63) is 157 Å². The summed E-state index contributed by atoms with van der Waals surface area (Å²) in [7, 11) is 0. The highest BCUT2D eigenvalue weighted by atomic mass is 16.5. The zero-order valence-corrected chi connectivity index (χ0v) is 23.0. The van der Waals surface area contributed by atoms with Crippen LogP contribution in [0.25, 0.3) is 44.1 Å². The van der Waals surface area contributed by atoms with Crippen molar-refractivity contribution in [1.82, 2.24) is 9.97 Å². The number of ether oxygens (including phenoxy) is 2. The number of rotatable bonds is 8. The van der Waals surface area contributed by atoms with Crippen molar-refractivity contribution in [2.45, 2.75) is 13.2 Å². The van der Waals surface area contributed by atoms with E-state index in [1.54, 1.807) is 0 Å². The first kappa shape index (κ1) is 25.5. The molecule has 0 fully saturated rings. The van der Waals surface area contributed by atoms with Crippen LogP contribution in [0.15, 0.2) is 146 Å². The lowest BCUT2D eigenvalue weighted by Crippen LogP contribution is -1.97. The zero-order chi connectivity index (χ0) is 28.1. The van der Waals surface area contributed by atoms with E-state index in [0.29, 0.717) is 13.2 Å². The largest absolute Gasteiger partial charge is 0.487 e. The summed E-state index contributed by atoms with van der Waals surface area (Å²) in [5, 5.41) is 2.12. The molecular formula is C38H28N2O2. The van der Waals surface area contributed by atoms with Gasteiger partial charge in [-0.05, 0) is 69.8 Å². The maximum absolute atomic E-state index is 6.19. The van der Waals surface area contributed by atoms with Crippen LogP contribution in [0.2, 0.25) is 0 Å². The van der Waals surface area contributed by atoms with Gasteiger partial charge in [0, 0.05) is 23.2 Å². The lowest BCUT2D eigenvalue weighted by molar-refractivity contribution is 0.309. The van der Waals surface area contributed by atoms with Gasteiger partial charge < -0.3 is 9.47 Å². The van der Waals surface area contributed by atoms with Gasteiger partial charge in [-0.1, -0.05) is 97.1 Å². The van der Waals surface area contributed by atoms with E-state index in [-0.39, 0.29) is 0 Å². The Bertz CT molecular complexity index is 1830. The van der Waals surface area contributed by atoms with Crippen molar-refractivity contribution >= 4 is 21.8 Å². The van der Waals surface area contributed by atoms with E-state index in [1.807, 2.05) is 73.1 Å². The van der Waals surface area contributed by atoms with Gasteiger partial charge in [0.15, 0.2) is 0 Å². The number of aromatic nitrogens is 2. The van der Waals surface area contributed by atoms with Gasteiger partial charge in [0.2, 0.25) is 0 Å². The van der Waals surface area contributed by atoms with Crippen molar-refractivity contribution in [3.8, 4) is 33.8 Å². The number of benzene rings is 5. The highest BCUT2D eigenvalue weighted by molar-refractivity contribution is 6.00. The summed E-state index contributed by atoms with van der Waals surface area (Å²) in [6.45, 7) is 0.999. The molecule has 4 heteroatoms. The topological polar surface area (TPSA) is 44.2 Å². The molecule has 0 spiro atoms. The molecular weight excluding hydrogens is 516 g/mol. The predicted octanol–water partition coefficient (Wildman–Crippen LogP) is 9.27. The van der Waals surface area contributed by atoms with Gasteiger partial charge in [0.1, 0.15) is 35.7 Å². The molecule has 0 aliphatic heterocycles. The number of fused-ring (bicyclic) bond motifs is 2. The molecule has 4 nitrogen and oxygen atoms in total. The van der Waals surface area contributed by atoms with Crippen LogP contribution in [0.3, 0.4) is 0 Å². The first-order valence-electron chi connectivity index (χ1n) is 14.0. The highest BCUT2D eigenvalue weighted by Gasteiger charge is 2.13. The molecule has 0 aliphatic rings. The Hall–Kier alpha value is -5.48. The van der Waals surface area contributed by atoms with Crippen LogP contribution in [0, 0.1) is 0 Å². The third-order valence-corrected chi connectivity index (χ3v) is 7.45. The first-order valence-corrected chi connectivity index (χ1v) is 14.0. The summed E-state index contributed by atoms with van der Waals surface area (Å²) in [5.41, 5.74) is 8.45. The molecule has 2 aromatic heterocycles. The van der Waals surface area contributed by atoms with Crippen LogP contribution in [0.4, 0.5) is 0 Å². The fourth-order valence-electron chi connectivity index (χ4n) is 5.33. The Balaban J connectivity index is 1.18. The molecule has 0 bridgehead atoms. The van der Waals surface area contributed by atoms with Gasteiger partial charge in [-0.2, -0.15) is 0 Å². The van der Waals surface area contributed by atoms with E-state index in [0.717, 1.165) is 66.7 Å². The van der Waals surface area contributed by atoms with E-state index in [9.17, 15) is 0 Å². The third kappa shape index (κ3) is 5.18. The molecule has 0 radical (unpaired) electrons. The van der Waals surface area contributed by atoms with Crippen molar-refractivity contribution in [2.75, 3.05) is 0 Å². The summed E-state index contributed by atoms with van der Waals surface area (Å²) in [6, 6.07) is 45.5. The molecule has 0 unspecified atom stereocenters. The number of nitrogens with zero attached hydrogens (tertiary/aromatic N) is 2. The summed E-state index contributed by atoms with van der Waals surface area (Å²) in [5.74, 6) is 1.56. The Morgan fingerprint density at radius 3 is 1.26 bits per heavy atom. The van der Waals surface area contributed by atoms with E-state index in [4.69, 9.17) is 9.47 Å². The summed E-state index contributed by atoms with van der Waals surface area (Å²) in [4.78, 5) is 9.36. The SMILES string of the molecule is c1ccc(COc2ccc(-c3ccc(-c4ccc(OCc5ccccc5)c5ncccc45)cc3)c3cccnc23)cc1. The molecule has 5 aromatic carbocycles. The molecule has 2 heterocycles. The van der Waals surface area contributed by atoms with Gasteiger partial charge in [-0.3, -0.25) is 9.97 Å². The lowest BCUT2D eigenvalue weighted by Gasteiger charge is -2.14. The summed E-state index contributed by atoms with van der Waals surface area (Å²) < 4.78 is 12.4. The smallest absolute Gasteiger partial charge is 0.146 e. The van der Waals surface area contributed by atoms with Gasteiger partial charge in [-0.25, -0.2) is 0 Å². The van der Waals surface area contributed by atoms with Crippen LogP contribution < -0.4 is 9.47 Å². The van der Waals surface area contributed by atoms with Gasteiger partial charge in [0.25, 0.3) is 0 Å². The maximum Gasteiger partial charge on any atom is 0.146 e. The fourth-order valence-corrected chi connectivity index (χ4v) is 5.33. The Morgan fingerprint density at radius 1 is 0.405 bits per heavy atom. The van der Waals surface area contributed by atoms with Crippen LogP contribution in [-0.4, -0.2) is 9.97 Å². The molecule has 42 heavy (non-hydrogen) atoms. The van der Waals surface area contributed by atoms with Crippen molar-refractivity contribution in [3.63, 3.8) is 0 Å². The zero-order valence-electron chi connectivity index (χ0n) is 23.0. The average Bonchev–Trinajstić information content (AvgIpc) is 3.07. The summed E-state index contributed by atoms with van der Waals surface area (Å²) in [6.07, 6.45) is 3.63. The van der Waals surface area contributed by atoms with Crippen LogP contribution >= 0.6 is 0 Å². The van der Waals surface area contributed by atoms with Crippen molar-refractivity contribution < 1.29 is 9.47 Å². The second-order valence-electron chi connectivity index (χ2n) is 10.1. The Morgan fingerprint density at radius 2 is 0.833 bits per heavy atom. The molecule has 0 saturated carbocycles. The molecule has 0 N–H and O–H groups in total. The minimum atomic E-state index is 0.499. The van der Waals surface area contributed by atoms with Crippen molar-refractivity contribution in [2.24, 2.45) is 0 Å². The molecule has 202 valence electrons. The minimum Gasteiger partial charge on any atom is -0.487 e. The molecule has 0 aliphatic carbocycles. The first-order chi connectivity index (χ1) is 20.8. The summed E-state index contributed by atoms with van der Waals surface area (Å²) >= 11 is 0. The second-order valence-corrected chi connectivity index (χ2v) is 10.1. The van der Waals surface area contributed by atoms with E-state index in [1.165, 1.54) is 0 Å². The van der Waals surface area contributed by atoms with E-state index < -0.39 is 0 Å². The monoisotopic (exact) mass is 544 g/mol. The number of hydrogen-bond acceptors (Lipinski definition) is 4. The van der Waals surface area contributed by atoms with E-state index in [2.05, 4.69) is 82.8 Å². The molecule has 7 rings (SSSR count). The van der Waals surface area contributed by atoms with Gasteiger partial charge in [0.05, 0.1) is 0 Å². The Kier molecular flexibility index (Phi) is 7.01. The van der Waals surface area contributed by atoms with Crippen molar-refractivity contribution in [1.29, 1.82) is 0 Å².